The third-order valence-corrected chi connectivity index (χ3v) is 4.46. The zero-order valence-corrected chi connectivity index (χ0v) is 14.4. The molecule has 0 bridgehead atoms. The van der Waals surface area contributed by atoms with E-state index in [1.54, 1.807) is 0 Å². The molecule has 0 saturated carbocycles. The van der Waals surface area contributed by atoms with Gasteiger partial charge in [-0.1, -0.05) is 67.4 Å². The van der Waals surface area contributed by atoms with Crippen LogP contribution in [0.1, 0.15) is 47.2 Å². The van der Waals surface area contributed by atoms with Gasteiger partial charge in [0.1, 0.15) is 0 Å². The Morgan fingerprint density at radius 1 is 0.875 bits per heavy atom. The van der Waals surface area contributed by atoms with Gasteiger partial charge >= 0.3 is 5.97 Å². The maximum Gasteiger partial charge on any atom is 0.316 e. The van der Waals surface area contributed by atoms with Crippen LogP contribution in [-0.2, 0) is 11.2 Å². The first-order valence-electron chi connectivity index (χ1n) is 8.17. The number of carbonyl (C=O) groups is 2. The predicted octanol–water partition coefficient (Wildman–Crippen LogP) is 4.40. The van der Waals surface area contributed by atoms with Gasteiger partial charge in [-0.25, -0.2) is 0 Å². The van der Waals surface area contributed by atoms with E-state index < -0.39 is 11.2 Å². The Morgan fingerprint density at radius 3 is 2.12 bits per heavy atom. The highest BCUT2D eigenvalue weighted by Gasteiger charge is 2.11. The van der Waals surface area contributed by atoms with Gasteiger partial charge in [0.2, 0.25) is 0 Å². The summed E-state index contributed by atoms with van der Waals surface area (Å²) in [5.74, 6) is -0.812. The van der Waals surface area contributed by atoms with E-state index in [4.69, 9.17) is 5.11 Å². The maximum atomic E-state index is 12.3. The number of ketones is 1. The summed E-state index contributed by atoms with van der Waals surface area (Å²) in [4.78, 5) is 23.0. The first-order valence-corrected chi connectivity index (χ1v) is 8.69. The molecule has 0 amide bonds. The van der Waals surface area contributed by atoms with E-state index >= 15 is 0 Å². The number of hydrogen-bond acceptors (Lipinski definition) is 3. The molecule has 1 atom stereocenters. The lowest BCUT2D eigenvalue weighted by molar-refractivity contribution is -0.136. The summed E-state index contributed by atoms with van der Waals surface area (Å²) in [5, 5.41) is 8.20. The molecule has 126 valence electrons. The molecule has 2 aromatic rings. The Balaban J connectivity index is 1.78. The second kappa shape index (κ2) is 9.28. The van der Waals surface area contributed by atoms with Gasteiger partial charge in [-0.15, -0.1) is 0 Å². The Morgan fingerprint density at radius 2 is 1.50 bits per heavy atom. The highest BCUT2D eigenvalue weighted by Crippen LogP contribution is 2.14. The molecular formula is C20H22O3S. The van der Waals surface area contributed by atoms with Crippen molar-refractivity contribution in [2.75, 3.05) is 0 Å². The van der Waals surface area contributed by atoms with Gasteiger partial charge < -0.3 is 5.11 Å². The van der Waals surface area contributed by atoms with Gasteiger partial charge in [-0.3, -0.25) is 9.59 Å². The van der Waals surface area contributed by atoms with Gasteiger partial charge in [0, 0.05) is 11.1 Å². The molecule has 0 aliphatic heterocycles. The second-order valence-electron chi connectivity index (χ2n) is 5.85. The summed E-state index contributed by atoms with van der Waals surface area (Å²) in [6.07, 6.45) is 4.39. The normalized spacial score (nSPS) is 11.9. The Labute approximate surface area is 148 Å². The van der Waals surface area contributed by atoms with Crippen molar-refractivity contribution in [2.45, 2.75) is 37.4 Å². The zero-order valence-electron chi connectivity index (χ0n) is 13.5. The molecule has 0 fully saturated rings. The lowest BCUT2D eigenvalue weighted by atomic mass is 10.00. The van der Waals surface area contributed by atoms with Crippen LogP contribution in [0.5, 0.6) is 0 Å². The first kappa shape index (κ1) is 18.3. The number of aliphatic carboxylic acids is 1. The van der Waals surface area contributed by atoms with E-state index in [0.29, 0.717) is 17.5 Å². The number of unbranched alkanes of at least 4 members (excludes halogenated alkanes) is 2. The Bertz CT molecular complexity index is 665. The Kier molecular flexibility index (Phi) is 7.07. The fraction of sp³-hybridized carbons (Fsp3) is 0.300. The minimum absolute atomic E-state index is 0.0376. The van der Waals surface area contributed by atoms with E-state index in [1.165, 1.54) is 5.56 Å². The van der Waals surface area contributed by atoms with Crippen molar-refractivity contribution < 1.29 is 14.7 Å². The van der Waals surface area contributed by atoms with Gasteiger partial charge in [0.15, 0.2) is 5.78 Å². The van der Waals surface area contributed by atoms with Crippen LogP contribution in [0.2, 0.25) is 0 Å². The molecule has 4 heteroatoms. The van der Waals surface area contributed by atoms with Crippen LogP contribution in [0, 0.1) is 0 Å². The molecule has 0 aromatic heterocycles. The molecule has 0 spiro atoms. The first-order chi connectivity index (χ1) is 11.6. The number of carboxylic acid groups (broad SMARTS) is 1. The van der Waals surface area contributed by atoms with Crippen molar-refractivity contribution in [3.05, 3.63) is 71.3 Å². The largest absolute Gasteiger partial charge is 0.480 e. The van der Waals surface area contributed by atoms with E-state index in [2.05, 4.69) is 12.6 Å². The van der Waals surface area contributed by atoms with E-state index in [9.17, 15) is 9.59 Å². The van der Waals surface area contributed by atoms with E-state index in [1.807, 2.05) is 54.6 Å². The van der Waals surface area contributed by atoms with Gasteiger partial charge in [0.25, 0.3) is 0 Å². The zero-order chi connectivity index (χ0) is 17.4. The number of carboxylic acids is 1. The van der Waals surface area contributed by atoms with Crippen LogP contribution < -0.4 is 0 Å². The summed E-state index contributed by atoms with van der Waals surface area (Å²) < 4.78 is 0. The van der Waals surface area contributed by atoms with Gasteiger partial charge in [0.05, 0.1) is 5.25 Å². The molecule has 24 heavy (non-hydrogen) atoms. The average molecular weight is 342 g/mol. The van der Waals surface area contributed by atoms with Crippen molar-refractivity contribution in [3.8, 4) is 0 Å². The SMILES string of the molecule is O=C(c1ccccc1)c1ccc(CCCCCC(S)C(=O)O)cc1. The monoisotopic (exact) mass is 342 g/mol. The topological polar surface area (TPSA) is 54.4 Å². The van der Waals surface area contributed by atoms with Crippen LogP contribution in [0.25, 0.3) is 0 Å². The van der Waals surface area contributed by atoms with Crippen LogP contribution in [0.3, 0.4) is 0 Å². The quantitative estimate of drug-likeness (QED) is 0.403. The molecule has 3 nitrogen and oxygen atoms in total. The fourth-order valence-electron chi connectivity index (χ4n) is 2.55. The van der Waals surface area contributed by atoms with Crippen LogP contribution in [0.4, 0.5) is 0 Å². The van der Waals surface area contributed by atoms with E-state index in [0.717, 1.165) is 25.7 Å². The fourth-order valence-corrected chi connectivity index (χ4v) is 2.73. The summed E-state index contributed by atoms with van der Waals surface area (Å²) in [5.41, 5.74) is 2.59. The third-order valence-electron chi connectivity index (χ3n) is 3.98. The van der Waals surface area contributed by atoms with Crippen molar-refractivity contribution in [3.63, 3.8) is 0 Å². The lowest BCUT2D eigenvalue weighted by Gasteiger charge is -2.06. The molecule has 1 unspecified atom stereocenters. The van der Waals surface area contributed by atoms with Gasteiger partial charge in [-0.2, -0.15) is 12.6 Å². The van der Waals surface area contributed by atoms with E-state index in [-0.39, 0.29) is 5.78 Å². The van der Waals surface area contributed by atoms with Crippen molar-refractivity contribution in [2.24, 2.45) is 0 Å². The molecule has 0 heterocycles. The predicted molar refractivity (Wildman–Crippen MR) is 98.9 cm³/mol. The molecule has 0 radical (unpaired) electrons. The average Bonchev–Trinajstić information content (AvgIpc) is 2.62. The Hall–Kier alpha value is -2.07. The number of hydrogen-bond donors (Lipinski definition) is 2. The standard InChI is InChI=1S/C20H22O3S/c21-19(16-8-4-2-5-9-16)17-13-11-15(12-14-17)7-3-1-6-10-18(24)20(22)23/h2,4-5,8-9,11-14,18,24H,1,3,6-7,10H2,(H,22,23). The number of benzene rings is 2. The second-order valence-corrected chi connectivity index (χ2v) is 6.47. The third kappa shape index (κ3) is 5.53. The number of aryl methyl sites for hydroxylation is 1. The smallest absolute Gasteiger partial charge is 0.316 e. The highest BCUT2D eigenvalue weighted by molar-refractivity contribution is 7.81. The highest BCUT2D eigenvalue weighted by atomic mass is 32.1. The number of rotatable bonds is 9. The molecule has 0 aliphatic carbocycles. The molecule has 0 saturated heterocycles. The molecular weight excluding hydrogens is 320 g/mol. The maximum absolute atomic E-state index is 12.3. The van der Waals surface area contributed by atoms with Crippen LogP contribution >= 0.6 is 12.6 Å². The summed E-state index contributed by atoms with van der Waals surface area (Å²) >= 11 is 4.03. The van der Waals surface area contributed by atoms with Crippen molar-refractivity contribution in [1.29, 1.82) is 0 Å². The summed E-state index contributed by atoms with van der Waals surface area (Å²) in [7, 11) is 0. The minimum Gasteiger partial charge on any atom is -0.480 e. The van der Waals surface area contributed by atoms with Crippen molar-refractivity contribution in [1.82, 2.24) is 0 Å². The van der Waals surface area contributed by atoms with Crippen LogP contribution in [0.15, 0.2) is 54.6 Å². The van der Waals surface area contributed by atoms with Gasteiger partial charge in [-0.05, 0) is 24.8 Å². The number of thiol groups is 1. The summed E-state index contributed by atoms with van der Waals surface area (Å²) in [6.45, 7) is 0. The molecule has 1 N–H and O–H groups in total. The van der Waals surface area contributed by atoms with Crippen LogP contribution in [-0.4, -0.2) is 22.1 Å². The lowest BCUT2D eigenvalue weighted by Crippen LogP contribution is -2.12. The summed E-state index contributed by atoms with van der Waals surface area (Å²) in [6, 6.07) is 17.0. The molecule has 2 aromatic carbocycles. The van der Waals surface area contributed by atoms with Crippen molar-refractivity contribution >= 4 is 24.4 Å². The number of carbonyl (C=O) groups excluding carboxylic acids is 1. The minimum atomic E-state index is -0.850. The molecule has 2 rings (SSSR count). The molecule has 0 aliphatic rings.